The quantitative estimate of drug-likeness (QED) is 0.772. The van der Waals surface area contributed by atoms with Crippen molar-refractivity contribution < 1.29 is 9.59 Å². The summed E-state index contributed by atoms with van der Waals surface area (Å²) < 4.78 is -0.549. The van der Waals surface area contributed by atoms with Crippen molar-refractivity contribution in [1.29, 1.82) is 0 Å². The van der Waals surface area contributed by atoms with Gasteiger partial charge in [0.15, 0.2) is 5.78 Å². The van der Waals surface area contributed by atoms with Crippen molar-refractivity contribution in [3.8, 4) is 0 Å². The Labute approximate surface area is 119 Å². The van der Waals surface area contributed by atoms with Crippen molar-refractivity contribution in [2.24, 2.45) is 0 Å². The highest BCUT2D eigenvalue weighted by atomic mass is 32.2. The molecular formula is C16H20O2S. The Morgan fingerprint density at radius 2 is 1.68 bits per heavy atom. The van der Waals surface area contributed by atoms with Crippen molar-refractivity contribution in [2.45, 2.75) is 51.7 Å². The largest absolute Gasteiger partial charge is 0.297 e. The maximum absolute atomic E-state index is 12.6. The predicted octanol–water partition coefficient (Wildman–Crippen LogP) is 3.71. The van der Waals surface area contributed by atoms with E-state index >= 15 is 0 Å². The Bertz CT molecular complexity index is 562. The maximum atomic E-state index is 12.6. The van der Waals surface area contributed by atoms with E-state index < -0.39 is 10.7 Å². The van der Waals surface area contributed by atoms with Gasteiger partial charge in [-0.2, -0.15) is 0 Å². The minimum atomic E-state index is -0.575. The normalized spacial score (nSPS) is 27.1. The lowest BCUT2D eigenvalue weighted by Gasteiger charge is -2.19. The molecule has 1 saturated heterocycles. The first kappa shape index (κ1) is 14.3. The van der Waals surface area contributed by atoms with Crippen LogP contribution in [0.4, 0.5) is 0 Å². The van der Waals surface area contributed by atoms with Gasteiger partial charge in [0.25, 0.3) is 0 Å². The second-order valence-corrected chi connectivity index (χ2v) is 7.10. The van der Waals surface area contributed by atoms with Gasteiger partial charge in [-0.3, -0.25) is 9.59 Å². The Hall–Kier alpha value is -1.09. The number of benzene rings is 1. The molecule has 1 aliphatic heterocycles. The molecule has 19 heavy (non-hydrogen) atoms. The van der Waals surface area contributed by atoms with E-state index in [0.717, 1.165) is 16.7 Å². The molecule has 0 saturated carbocycles. The minimum Gasteiger partial charge on any atom is -0.297 e. The zero-order valence-electron chi connectivity index (χ0n) is 12.2. The molecule has 2 unspecified atom stereocenters. The first-order valence-electron chi connectivity index (χ1n) is 6.65. The van der Waals surface area contributed by atoms with Crippen LogP contribution in [0.25, 0.3) is 0 Å². The Morgan fingerprint density at radius 3 is 2.21 bits per heavy atom. The summed E-state index contributed by atoms with van der Waals surface area (Å²) in [6, 6.07) is 4.07. The smallest absolute Gasteiger partial charge is 0.204 e. The molecule has 2 atom stereocenters. The molecule has 2 rings (SSSR count). The van der Waals surface area contributed by atoms with Crippen molar-refractivity contribution in [3.05, 3.63) is 34.4 Å². The van der Waals surface area contributed by atoms with E-state index in [4.69, 9.17) is 0 Å². The lowest BCUT2D eigenvalue weighted by atomic mass is 9.84. The van der Waals surface area contributed by atoms with E-state index in [1.54, 1.807) is 0 Å². The van der Waals surface area contributed by atoms with E-state index in [9.17, 15) is 9.59 Å². The molecule has 0 aromatic heterocycles. The fourth-order valence-corrected chi connectivity index (χ4v) is 3.71. The molecule has 102 valence electrons. The number of rotatable bonds is 2. The molecule has 0 spiro atoms. The molecule has 2 nitrogen and oxygen atoms in total. The van der Waals surface area contributed by atoms with Crippen LogP contribution in [0.2, 0.25) is 0 Å². The second-order valence-electron chi connectivity index (χ2n) is 5.60. The van der Waals surface area contributed by atoms with Gasteiger partial charge in [0.1, 0.15) is 5.92 Å². The molecule has 3 heteroatoms. The number of hydrogen-bond donors (Lipinski definition) is 0. The van der Waals surface area contributed by atoms with Crippen molar-refractivity contribution in [2.75, 3.05) is 0 Å². The molecule has 0 N–H and O–H groups in total. The highest BCUT2D eigenvalue weighted by Crippen LogP contribution is 2.46. The van der Waals surface area contributed by atoms with Gasteiger partial charge in [0.05, 0.1) is 4.75 Å². The van der Waals surface area contributed by atoms with Crippen LogP contribution in [0.15, 0.2) is 12.1 Å². The van der Waals surface area contributed by atoms with E-state index in [1.165, 1.54) is 17.3 Å². The zero-order valence-corrected chi connectivity index (χ0v) is 13.0. The molecule has 0 bridgehead atoms. The lowest BCUT2D eigenvalue weighted by Crippen LogP contribution is -2.29. The van der Waals surface area contributed by atoms with Crippen LogP contribution in [0.5, 0.6) is 0 Å². The van der Waals surface area contributed by atoms with Crippen LogP contribution in [0.3, 0.4) is 0 Å². The van der Waals surface area contributed by atoms with Crippen LogP contribution in [-0.4, -0.2) is 15.6 Å². The highest BCUT2D eigenvalue weighted by Gasteiger charge is 2.50. The zero-order chi connectivity index (χ0) is 14.4. The van der Waals surface area contributed by atoms with Gasteiger partial charge in [0.2, 0.25) is 5.12 Å². The topological polar surface area (TPSA) is 34.1 Å². The van der Waals surface area contributed by atoms with E-state index in [2.05, 4.69) is 13.0 Å². The van der Waals surface area contributed by atoms with Crippen LogP contribution in [0, 0.1) is 20.8 Å². The fraction of sp³-hybridized carbons (Fsp3) is 0.500. The monoisotopic (exact) mass is 276 g/mol. The standard InChI is InChI=1S/C16H20O2S/c1-6-16(5)14(17)13(15(18)19-16)12-8-10(3)9(2)7-11(12)4/h7-8,13H,6H2,1-5H3. The molecule has 1 heterocycles. The molecule has 1 aromatic carbocycles. The van der Waals surface area contributed by atoms with Crippen molar-refractivity contribution >= 4 is 22.7 Å². The second kappa shape index (κ2) is 4.78. The van der Waals surface area contributed by atoms with Gasteiger partial charge in [-0.15, -0.1) is 0 Å². The number of Topliss-reactive ketones (excluding diaryl/α,β-unsaturated/α-hetero) is 1. The number of carbonyl (C=O) groups is 2. The van der Waals surface area contributed by atoms with Crippen LogP contribution in [-0.2, 0) is 9.59 Å². The molecule has 0 amide bonds. The van der Waals surface area contributed by atoms with E-state index in [-0.39, 0.29) is 10.9 Å². The van der Waals surface area contributed by atoms with Crippen LogP contribution >= 0.6 is 11.8 Å². The first-order valence-corrected chi connectivity index (χ1v) is 7.46. The van der Waals surface area contributed by atoms with Crippen molar-refractivity contribution in [3.63, 3.8) is 0 Å². The molecular weight excluding hydrogens is 256 g/mol. The van der Waals surface area contributed by atoms with Gasteiger partial charge in [-0.25, -0.2) is 0 Å². The van der Waals surface area contributed by atoms with Crippen molar-refractivity contribution in [1.82, 2.24) is 0 Å². The molecule has 1 fully saturated rings. The maximum Gasteiger partial charge on any atom is 0.204 e. The molecule has 1 aromatic rings. The number of ketones is 1. The summed E-state index contributed by atoms with van der Waals surface area (Å²) >= 11 is 1.21. The lowest BCUT2D eigenvalue weighted by molar-refractivity contribution is -0.125. The number of aryl methyl sites for hydroxylation is 3. The highest BCUT2D eigenvalue weighted by molar-refractivity contribution is 8.16. The number of carbonyl (C=O) groups excluding carboxylic acids is 2. The first-order chi connectivity index (χ1) is 8.80. The van der Waals surface area contributed by atoms with Gasteiger partial charge < -0.3 is 0 Å². The fourth-order valence-electron chi connectivity index (χ4n) is 2.55. The summed E-state index contributed by atoms with van der Waals surface area (Å²) in [5, 5.41) is 0.000651. The number of hydrogen-bond acceptors (Lipinski definition) is 3. The Balaban J connectivity index is 2.51. The van der Waals surface area contributed by atoms with Gasteiger partial charge >= 0.3 is 0 Å². The van der Waals surface area contributed by atoms with Gasteiger partial charge in [-0.05, 0) is 56.4 Å². The summed E-state index contributed by atoms with van der Waals surface area (Å²) in [5.41, 5.74) is 4.26. The average Bonchev–Trinajstić information content (AvgIpc) is 2.56. The third-order valence-corrected chi connectivity index (χ3v) is 5.59. The minimum absolute atomic E-state index is 0.000651. The molecule has 0 radical (unpaired) electrons. The molecule has 1 aliphatic rings. The van der Waals surface area contributed by atoms with Crippen LogP contribution < -0.4 is 0 Å². The third kappa shape index (κ3) is 2.25. The summed E-state index contributed by atoms with van der Waals surface area (Å²) in [6.45, 7) is 9.90. The van der Waals surface area contributed by atoms with Crippen LogP contribution in [0.1, 0.15) is 48.4 Å². The average molecular weight is 276 g/mol. The number of thioether (sulfide) groups is 1. The van der Waals surface area contributed by atoms with E-state index in [0.29, 0.717) is 6.42 Å². The van der Waals surface area contributed by atoms with E-state index in [1.807, 2.05) is 33.8 Å². The summed E-state index contributed by atoms with van der Waals surface area (Å²) in [6.07, 6.45) is 0.697. The Kier molecular flexibility index (Phi) is 3.61. The SMILES string of the molecule is CCC1(C)SC(=O)C(c2cc(C)c(C)cc2C)C1=O. The summed E-state index contributed by atoms with van der Waals surface area (Å²) in [5.74, 6) is -0.509. The summed E-state index contributed by atoms with van der Waals surface area (Å²) in [4.78, 5) is 24.8. The Morgan fingerprint density at radius 1 is 1.11 bits per heavy atom. The van der Waals surface area contributed by atoms with Gasteiger partial charge in [0, 0.05) is 0 Å². The molecule has 0 aliphatic carbocycles. The van der Waals surface area contributed by atoms with Gasteiger partial charge in [-0.1, -0.05) is 30.8 Å². The third-order valence-electron chi connectivity index (χ3n) is 4.21. The summed E-state index contributed by atoms with van der Waals surface area (Å²) in [7, 11) is 0. The predicted molar refractivity (Wildman–Crippen MR) is 79.7 cm³/mol.